The van der Waals surface area contributed by atoms with Crippen LogP contribution in [0.1, 0.15) is 26.3 Å². The van der Waals surface area contributed by atoms with Crippen LogP contribution in [0.3, 0.4) is 0 Å². The van der Waals surface area contributed by atoms with Gasteiger partial charge in [0, 0.05) is 6.07 Å². The van der Waals surface area contributed by atoms with Gasteiger partial charge in [-0.2, -0.15) is 8.78 Å². The van der Waals surface area contributed by atoms with Gasteiger partial charge >= 0.3 is 6.61 Å². The van der Waals surface area contributed by atoms with E-state index in [1.807, 2.05) is 0 Å². The fraction of sp³-hybridized carbons (Fsp3) is 0.125. The highest BCUT2D eigenvalue weighted by atomic mass is 19.3. The minimum absolute atomic E-state index is 0.0307. The highest BCUT2D eigenvalue weighted by Gasteiger charge is 2.40. The Labute approximate surface area is 139 Å². The topological polar surface area (TPSA) is 89.8 Å². The number of nitro groups is 1. The van der Waals surface area contributed by atoms with Gasteiger partial charge in [-0.3, -0.25) is 24.6 Å². The van der Waals surface area contributed by atoms with Crippen LogP contribution in [-0.4, -0.2) is 28.2 Å². The van der Waals surface area contributed by atoms with Crippen LogP contribution >= 0.6 is 0 Å². The maximum absolute atomic E-state index is 12.4. The van der Waals surface area contributed by atoms with Gasteiger partial charge < -0.3 is 4.74 Å². The molecule has 2 amide bonds. The minimum atomic E-state index is -2.96. The van der Waals surface area contributed by atoms with Crippen molar-refractivity contribution in [1.29, 1.82) is 0 Å². The largest absolute Gasteiger partial charge is 0.435 e. The molecular formula is C16H10F2N2O5. The molecule has 0 N–H and O–H groups in total. The number of benzene rings is 2. The van der Waals surface area contributed by atoms with Crippen LogP contribution in [0.5, 0.6) is 5.75 Å². The number of fused-ring (bicyclic) bond motifs is 1. The molecule has 0 saturated heterocycles. The van der Waals surface area contributed by atoms with Crippen molar-refractivity contribution >= 4 is 17.5 Å². The zero-order valence-corrected chi connectivity index (χ0v) is 12.5. The van der Waals surface area contributed by atoms with E-state index < -0.39 is 29.0 Å². The summed E-state index contributed by atoms with van der Waals surface area (Å²) in [4.78, 5) is 36.0. The molecule has 0 bridgehead atoms. The fourth-order valence-electron chi connectivity index (χ4n) is 2.57. The van der Waals surface area contributed by atoms with E-state index in [1.165, 1.54) is 36.4 Å². The molecule has 0 saturated carbocycles. The van der Waals surface area contributed by atoms with Crippen molar-refractivity contribution in [3.63, 3.8) is 0 Å². The number of carbonyl (C=O) groups excluding carboxylic acids is 2. The third-order valence-electron chi connectivity index (χ3n) is 3.66. The molecule has 25 heavy (non-hydrogen) atoms. The Balaban J connectivity index is 1.85. The first-order valence-corrected chi connectivity index (χ1v) is 7.06. The molecule has 0 unspecified atom stereocenters. The van der Waals surface area contributed by atoms with E-state index in [4.69, 9.17) is 0 Å². The molecule has 1 aliphatic rings. The number of hydrogen-bond acceptors (Lipinski definition) is 5. The van der Waals surface area contributed by atoms with E-state index in [2.05, 4.69) is 4.74 Å². The van der Waals surface area contributed by atoms with Gasteiger partial charge in [0.05, 0.1) is 17.0 Å². The van der Waals surface area contributed by atoms with Gasteiger partial charge in [0.25, 0.3) is 17.5 Å². The summed E-state index contributed by atoms with van der Waals surface area (Å²) in [6.45, 7) is -3.10. The Kier molecular flexibility index (Phi) is 4.14. The first-order valence-electron chi connectivity index (χ1n) is 7.06. The number of halogens is 2. The van der Waals surface area contributed by atoms with Crippen LogP contribution in [-0.2, 0) is 6.54 Å². The van der Waals surface area contributed by atoms with Crippen molar-refractivity contribution < 1.29 is 28.0 Å². The Bertz CT molecular complexity index is 867. The van der Waals surface area contributed by atoms with Gasteiger partial charge in [-0.25, -0.2) is 0 Å². The van der Waals surface area contributed by atoms with E-state index >= 15 is 0 Å². The molecule has 2 aromatic carbocycles. The normalized spacial score (nSPS) is 13.3. The molecule has 0 aromatic heterocycles. The number of nitrogens with zero attached hydrogens (tertiary/aromatic N) is 2. The van der Waals surface area contributed by atoms with E-state index in [1.54, 1.807) is 0 Å². The zero-order chi connectivity index (χ0) is 18.1. The average Bonchev–Trinajstić information content (AvgIpc) is 2.81. The molecule has 1 aliphatic heterocycles. The van der Waals surface area contributed by atoms with Crippen molar-refractivity contribution in [1.82, 2.24) is 4.90 Å². The van der Waals surface area contributed by atoms with Gasteiger partial charge in [-0.1, -0.05) is 18.2 Å². The maximum atomic E-state index is 12.4. The van der Waals surface area contributed by atoms with E-state index in [-0.39, 0.29) is 23.4 Å². The molecular weight excluding hydrogens is 338 g/mol. The van der Waals surface area contributed by atoms with Gasteiger partial charge in [-0.15, -0.1) is 0 Å². The van der Waals surface area contributed by atoms with Crippen LogP contribution in [0.25, 0.3) is 0 Å². The van der Waals surface area contributed by atoms with Gasteiger partial charge in [0.1, 0.15) is 11.3 Å². The van der Waals surface area contributed by atoms with Crippen LogP contribution in [0.4, 0.5) is 14.5 Å². The summed E-state index contributed by atoms with van der Waals surface area (Å²) in [6.07, 6.45) is 0. The van der Waals surface area contributed by atoms with Crippen LogP contribution in [0, 0.1) is 10.1 Å². The molecule has 0 radical (unpaired) electrons. The number of nitro benzene ring substituents is 1. The van der Waals surface area contributed by atoms with Crippen LogP contribution in [0.2, 0.25) is 0 Å². The fourth-order valence-corrected chi connectivity index (χ4v) is 2.57. The molecule has 2 aromatic rings. The monoisotopic (exact) mass is 348 g/mol. The predicted molar refractivity (Wildman–Crippen MR) is 80.4 cm³/mol. The maximum Gasteiger partial charge on any atom is 0.387 e. The lowest BCUT2D eigenvalue weighted by Crippen LogP contribution is -2.29. The minimum Gasteiger partial charge on any atom is -0.435 e. The van der Waals surface area contributed by atoms with Gasteiger partial charge in [0.2, 0.25) is 0 Å². The Morgan fingerprint density at radius 2 is 1.76 bits per heavy atom. The second kappa shape index (κ2) is 6.27. The number of hydrogen-bond donors (Lipinski definition) is 0. The molecule has 128 valence electrons. The van der Waals surface area contributed by atoms with E-state index in [0.717, 1.165) is 11.0 Å². The van der Waals surface area contributed by atoms with Crippen molar-refractivity contribution in [2.75, 3.05) is 0 Å². The molecule has 1 heterocycles. The molecule has 0 atom stereocenters. The lowest BCUT2D eigenvalue weighted by Gasteiger charge is -2.14. The molecule has 3 rings (SSSR count). The van der Waals surface area contributed by atoms with Crippen molar-refractivity contribution in [2.24, 2.45) is 0 Å². The van der Waals surface area contributed by atoms with Gasteiger partial charge in [-0.05, 0) is 23.8 Å². The second-order valence-corrected chi connectivity index (χ2v) is 5.18. The van der Waals surface area contributed by atoms with Crippen LogP contribution in [0.15, 0.2) is 42.5 Å². The first-order chi connectivity index (χ1) is 11.9. The first kappa shape index (κ1) is 16.5. The second-order valence-electron chi connectivity index (χ2n) is 5.18. The molecule has 0 aliphatic carbocycles. The standard InChI is InChI=1S/C16H10F2N2O5/c17-16(18)25-10-6-4-9(5-7-10)8-19-14(21)11-2-1-3-12(20(23)24)13(11)15(19)22/h1-7,16H,8H2. The third-order valence-corrected chi connectivity index (χ3v) is 3.66. The molecule has 0 spiro atoms. The number of amides is 2. The summed E-state index contributed by atoms with van der Waals surface area (Å²) in [5, 5.41) is 11.1. The highest BCUT2D eigenvalue weighted by Crippen LogP contribution is 2.31. The molecule has 9 heteroatoms. The highest BCUT2D eigenvalue weighted by molar-refractivity contribution is 6.23. The van der Waals surface area contributed by atoms with Crippen molar-refractivity contribution in [2.45, 2.75) is 13.2 Å². The lowest BCUT2D eigenvalue weighted by molar-refractivity contribution is -0.385. The van der Waals surface area contributed by atoms with E-state index in [9.17, 15) is 28.5 Å². The van der Waals surface area contributed by atoms with Crippen molar-refractivity contribution in [3.8, 4) is 5.75 Å². The summed E-state index contributed by atoms with van der Waals surface area (Å²) >= 11 is 0. The number of ether oxygens (including phenoxy) is 1. The third kappa shape index (κ3) is 3.03. The lowest BCUT2D eigenvalue weighted by atomic mass is 10.1. The SMILES string of the molecule is O=C1c2cccc([N+](=O)[O-])c2C(=O)N1Cc1ccc(OC(F)F)cc1. The van der Waals surface area contributed by atoms with Gasteiger partial charge in [0.15, 0.2) is 0 Å². The predicted octanol–water partition coefficient (Wildman–Crippen LogP) is 2.99. The summed E-state index contributed by atoms with van der Waals surface area (Å²) < 4.78 is 28.5. The Hall–Kier alpha value is -3.36. The molecule has 7 nitrogen and oxygen atoms in total. The molecule has 0 fully saturated rings. The zero-order valence-electron chi connectivity index (χ0n) is 12.5. The number of rotatable bonds is 5. The Morgan fingerprint density at radius 3 is 2.36 bits per heavy atom. The number of imide groups is 1. The summed E-state index contributed by atoms with van der Waals surface area (Å²) in [5.41, 5.74) is -0.218. The average molecular weight is 348 g/mol. The Morgan fingerprint density at radius 1 is 1.08 bits per heavy atom. The number of carbonyl (C=O) groups is 2. The summed E-state index contributed by atoms with van der Waals surface area (Å²) in [7, 11) is 0. The smallest absolute Gasteiger partial charge is 0.387 e. The van der Waals surface area contributed by atoms with Crippen molar-refractivity contribution in [3.05, 3.63) is 69.3 Å². The quantitative estimate of drug-likeness (QED) is 0.471. The number of alkyl halides is 2. The summed E-state index contributed by atoms with van der Waals surface area (Å²) in [6, 6.07) is 9.25. The summed E-state index contributed by atoms with van der Waals surface area (Å²) in [5.74, 6) is -1.46. The van der Waals surface area contributed by atoms with Crippen LogP contribution < -0.4 is 4.74 Å². The van der Waals surface area contributed by atoms with E-state index in [0.29, 0.717) is 5.56 Å².